The molecular formula is C21H21F3N4. The van der Waals surface area contributed by atoms with Gasteiger partial charge in [-0.15, -0.1) is 0 Å². The molecule has 146 valence electrons. The highest BCUT2D eigenvalue weighted by Crippen LogP contribution is 2.39. The highest BCUT2D eigenvalue weighted by Gasteiger charge is 2.38. The van der Waals surface area contributed by atoms with E-state index in [0.717, 1.165) is 12.0 Å². The normalized spacial score (nSPS) is 12.6. The maximum Gasteiger partial charge on any atom is 0.423 e. The van der Waals surface area contributed by atoms with E-state index in [1.54, 1.807) is 42.5 Å². The van der Waals surface area contributed by atoms with Crippen LogP contribution < -0.4 is 11.1 Å². The van der Waals surface area contributed by atoms with Crippen molar-refractivity contribution in [2.45, 2.75) is 32.4 Å². The second-order valence-corrected chi connectivity index (χ2v) is 6.58. The fourth-order valence-corrected chi connectivity index (χ4v) is 2.83. The van der Waals surface area contributed by atoms with Gasteiger partial charge in [-0.2, -0.15) is 13.2 Å². The van der Waals surface area contributed by atoms with E-state index >= 15 is 0 Å². The van der Waals surface area contributed by atoms with Crippen LogP contribution in [0.1, 0.15) is 37.3 Å². The van der Waals surface area contributed by atoms with E-state index in [0.29, 0.717) is 17.2 Å². The Balaban J connectivity index is 2.03. The molecule has 0 saturated heterocycles. The Morgan fingerprint density at radius 2 is 1.64 bits per heavy atom. The molecule has 0 aliphatic carbocycles. The molecule has 0 radical (unpaired) electrons. The van der Waals surface area contributed by atoms with E-state index in [4.69, 9.17) is 5.73 Å². The lowest BCUT2D eigenvalue weighted by Gasteiger charge is -2.17. The van der Waals surface area contributed by atoms with Crippen LogP contribution in [-0.2, 0) is 6.18 Å². The van der Waals surface area contributed by atoms with Gasteiger partial charge in [0.05, 0.1) is 0 Å². The van der Waals surface area contributed by atoms with E-state index in [2.05, 4.69) is 29.1 Å². The lowest BCUT2D eigenvalue weighted by atomic mass is 9.99. The number of benzene rings is 2. The Hall–Kier alpha value is -3.09. The number of aromatic nitrogens is 2. The fraction of sp³-hybridized carbons (Fsp3) is 0.238. The summed E-state index contributed by atoms with van der Waals surface area (Å²) in [6, 6.07) is 16.0. The van der Waals surface area contributed by atoms with Gasteiger partial charge in [-0.05, 0) is 30.0 Å². The maximum absolute atomic E-state index is 13.6. The second-order valence-electron chi connectivity index (χ2n) is 6.58. The highest BCUT2D eigenvalue weighted by atomic mass is 19.4. The van der Waals surface area contributed by atoms with E-state index in [1.165, 1.54) is 0 Å². The quantitative estimate of drug-likeness (QED) is 0.564. The summed E-state index contributed by atoms with van der Waals surface area (Å²) < 4.78 is 40.7. The zero-order valence-electron chi connectivity index (χ0n) is 15.6. The third-order valence-corrected chi connectivity index (χ3v) is 4.61. The molecule has 0 amide bonds. The summed E-state index contributed by atoms with van der Waals surface area (Å²) in [5.74, 6) is -0.473. The van der Waals surface area contributed by atoms with Gasteiger partial charge in [-0.1, -0.05) is 56.3 Å². The smallest absolute Gasteiger partial charge is 0.383 e. The maximum atomic E-state index is 13.6. The number of rotatable bonds is 5. The van der Waals surface area contributed by atoms with Crippen LogP contribution in [0.2, 0.25) is 0 Å². The third-order valence-electron chi connectivity index (χ3n) is 4.61. The number of hydrogen-bond acceptors (Lipinski definition) is 4. The molecule has 1 aromatic heterocycles. The number of alkyl halides is 3. The number of nitrogens with zero attached hydrogens (tertiary/aromatic N) is 2. The molecule has 0 spiro atoms. The SMILES string of the molecule is CCC(C)c1ccc(Nc2nc(-c3ccccc3)nc(N)c2C(F)(F)F)cc1. The second kappa shape index (κ2) is 7.88. The predicted octanol–water partition coefficient (Wildman–Crippen LogP) is 6.00. The molecule has 1 atom stereocenters. The molecule has 28 heavy (non-hydrogen) atoms. The van der Waals surface area contributed by atoms with Crippen molar-refractivity contribution in [3.63, 3.8) is 0 Å². The van der Waals surface area contributed by atoms with Crippen molar-refractivity contribution in [1.29, 1.82) is 0 Å². The number of halogens is 3. The highest BCUT2D eigenvalue weighted by molar-refractivity contribution is 5.69. The molecule has 7 heteroatoms. The number of nitrogens with one attached hydrogen (secondary N) is 1. The summed E-state index contributed by atoms with van der Waals surface area (Å²) >= 11 is 0. The number of hydrogen-bond donors (Lipinski definition) is 2. The molecular weight excluding hydrogens is 365 g/mol. The van der Waals surface area contributed by atoms with Gasteiger partial charge in [0.1, 0.15) is 17.2 Å². The van der Waals surface area contributed by atoms with E-state index < -0.39 is 17.6 Å². The average molecular weight is 386 g/mol. The van der Waals surface area contributed by atoms with Gasteiger partial charge in [0, 0.05) is 11.3 Å². The standard InChI is InChI=1S/C21H21F3N4/c1-3-13(2)14-9-11-16(12-10-14)26-20-17(21(22,23)24)18(25)27-19(28-20)15-7-5-4-6-8-15/h4-13H,3H2,1-2H3,(H3,25,26,27,28). The van der Waals surface area contributed by atoms with Gasteiger partial charge >= 0.3 is 6.18 Å². The first-order valence-electron chi connectivity index (χ1n) is 8.96. The molecule has 1 heterocycles. The van der Waals surface area contributed by atoms with Gasteiger partial charge in [0.15, 0.2) is 5.82 Å². The first-order chi connectivity index (χ1) is 13.3. The predicted molar refractivity (Wildman–Crippen MR) is 105 cm³/mol. The van der Waals surface area contributed by atoms with Crippen molar-refractivity contribution in [1.82, 2.24) is 9.97 Å². The summed E-state index contributed by atoms with van der Waals surface area (Å²) in [6.07, 6.45) is -3.70. The summed E-state index contributed by atoms with van der Waals surface area (Å²) in [5, 5.41) is 2.76. The molecule has 0 saturated carbocycles. The van der Waals surface area contributed by atoms with Crippen LogP contribution in [0.5, 0.6) is 0 Å². The molecule has 4 nitrogen and oxygen atoms in total. The Bertz CT molecular complexity index is 938. The van der Waals surface area contributed by atoms with Gasteiger partial charge in [-0.3, -0.25) is 0 Å². The van der Waals surface area contributed by atoms with Crippen LogP contribution in [0, 0.1) is 0 Å². The minimum Gasteiger partial charge on any atom is -0.383 e. The van der Waals surface area contributed by atoms with Crippen LogP contribution in [0.4, 0.5) is 30.5 Å². The largest absolute Gasteiger partial charge is 0.423 e. The Morgan fingerprint density at radius 3 is 2.21 bits per heavy atom. The molecule has 0 bridgehead atoms. The third kappa shape index (κ3) is 4.24. The Labute approximate surface area is 161 Å². The van der Waals surface area contributed by atoms with Gasteiger partial charge in [0.2, 0.25) is 0 Å². The molecule has 3 rings (SSSR count). The van der Waals surface area contributed by atoms with E-state index in [1.807, 2.05) is 12.1 Å². The summed E-state index contributed by atoms with van der Waals surface area (Å²) in [7, 11) is 0. The Morgan fingerprint density at radius 1 is 1.00 bits per heavy atom. The molecule has 0 aliphatic rings. The summed E-state index contributed by atoms with van der Waals surface area (Å²) in [5.41, 5.74) is 6.80. The van der Waals surface area contributed by atoms with Crippen LogP contribution in [0.3, 0.4) is 0 Å². The molecule has 0 fully saturated rings. The van der Waals surface area contributed by atoms with Gasteiger partial charge in [0.25, 0.3) is 0 Å². The number of nitrogens with two attached hydrogens (primary N) is 1. The molecule has 1 unspecified atom stereocenters. The van der Waals surface area contributed by atoms with E-state index in [-0.39, 0.29) is 11.6 Å². The average Bonchev–Trinajstić information content (AvgIpc) is 2.67. The number of anilines is 3. The van der Waals surface area contributed by atoms with E-state index in [9.17, 15) is 13.2 Å². The summed E-state index contributed by atoms with van der Waals surface area (Å²) in [6.45, 7) is 4.18. The van der Waals surface area contributed by atoms with Gasteiger partial charge in [-0.25, -0.2) is 9.97 Å². The zero-order chi connectivity index (χ0) is 20.3. The first kappa shape index (κ1) is 19.7. The summed E-state index contributed by atoms with van der Waals surface area (Å²) in [4.78, 5) is 7.98. The lowest BCUT2D eigenvalue weighted by Crippen LogP contribution is -2.16. The van der Waals surface area contributed by atoms with Crippen molar-refractivity contribution in [2.75, 3.05) is 11.1 Å². The topological polar surface area (TPSA) is 63.8 Å². The van der Waals surface area contributed by atoms with Crippen molar-refractivity contribution in [3.8, 4) is 11.4 Å². The Kier molecular flexibility index (Phi) is 5.53. The number of nitrogen functional groups attached to an aromatic ring is 1. The van der Waals surface area contributed by atoms with Crippen molar-refractivity contribution in [2.24, 2.45) is 0 Å². The van der Waals surface area contributed by atoms with Crippen molar-refractivity contribution in [3.05, 3.63) is 65.7 Å². The van der Waals surface area contributed by atoms with Crippen molar-refractivity contribution >= 4 is 17.3 Å². The lowest BCUT2D eigenvalue weighted by molar-refractivity contribution is -0.136. The fourth-order valence-electron chi connectivity index (χ4n) is 2.83. The molecule has 0 aliphatic heterocycles. The van der Waals surface area contributed by atoms with Crippen LogP contribution in [0.25, 0.3) is 11.4 Å². The van der Waals surface area contributed by atoms with Crippen LogP contribution in [-0.4, -0.2) is 9.97 Å². The van der Waals surface area contributed by atoms with Crippen LogP contribution >= 0.6 is 0 Å². The molecule has 3 aromatic rings. The zero-order valence-corrected chi connectivity index (χ0v) is 15.6. The van der Waals surface area contributed by atoms with Gasteiger partial charge < -0.3 is 11.1 Å². The van der Waals surface area contributed by atoms with Crippen molar-refractivity contribution < 1.29 is 13.2 Å². The minimum absolute atomic E-state index is 0.129. The monoisotopic (exact) mass is 386 g/mol. The minimum atomic E-state index is -4.68. The molecule has 2 aromatic carbocycles. The van der Waals surface area contributed by atoms with Crippen LogP contribution in [0.15, 0.2) is 54.6 Å². The first-order valence-corrected chi connectivity index (χ1v) is 8.96. The molecule has 3 N–H and O–H groups in total.